The van der Waals surface area contributed by atoms with E-state index in [1.807, 2.05) is 0 Å². The first-order valence-corrected chi connectivity index (χ1v) is 5.96. The summed E-state index contributed by atoms with van der Waals surface area (Å²) in [5.41, 5.74) is -1.35. The van der Waals surface area contributed by atoms with Crippen LogP contribution in [-0.2, 0) is 19.1 Å². The Bertz CT molecular complexity index is 311. The van der Waals surface area contributed by atoms with Crippen LogP contribution in [0.5, 0.6) is 0 Å². The van der Waals surface area contributed by atoms with Gasteiger partial charge in [-0.1, -0.05) is 0 Å². The first-order chi connectivity index (χ1) is 8.61. The Morgan fingerprint density at radius 2 is 1.74 bits per heavy atom. The summed E-state index contributed by atoms with van der Waals surface area (Å²) in [5.74, 6) is -1.18. The summed E-state index contributed by atoms with van der Waals surface area (Å²) in [6.45, 7) is 3.99. The van der Waals surface area contributed by atoms with E-state index in [0.29, 0.717) is 0 Å². The fraction of sp³-hybridized carbons (Fsp3) is 0.833. The molecule has 0 saturated carbocycles. The predicted molar refractivity (Wildman–Crippen MR) is 61.5 cm³/mol. The molecule has 0 aliphatic rings. The van der Waals surface area contributed by atoms with Gasteiger partial charge in [-0.2, -0.15) is 13.2 Å². The third-order valence-corrected chi connectivity index (χ3v) is 2.46. The first-order valence-electron chi connectivity index (χ1n) is 5.96. The lowest BCUT2D eigenvalue weighted by molar-refractivity contribution is -0.159. The van der Waals surface area contributed by atoms with Gasteiger partial charge in [0.15, 0.2) is 5.78 Å². The molecule has 0 heterocycles. The van der Waals surface area contributed by atoms with Crippen LogP contribution in [0.25, 0.3) is 0 Å². The normalized spacial score (nSPS) is 12.3. The lowest BCUT2D eigenvalue weighted by Gasteiger charge is -2.20. The van der Waals surface area contributed by atoms with E-state index < -0.39 is 36.4 Å². The fourth-order valence-corrected chi connectivity index (χ4v) is 1.15. The molecule has 0 aromatic heterocycles. The van der Waals surface area contributed by atoms with E-state index in [0.717, 1.165) is 0 Å². The van der Waals surface area contributed by atoms with Crippen LogP contribution in [0.15, 0.2) is 0 Å². The van der Waals surface area contributed by atoms with Gasteiger partial charge in [-0.3, -0.25) is 9.59 Å². The topological polar surface area (TPSA) is 52.6 Å². The maximum absolute atomic E-state index is 11.8. The number of carbonyl (C=O) groups excluding carboxylic acids is 2. The predicted octanol–water partition coefficient (Wildman–Crippen LogP) is 2.50. The van der Waals surface area contributed by atoms with Crippen molar-refractivity contribution in [2.45, 2.75) is 39.8 Å². The average Bonchev–Trinajstić information content (AvgIpc) is 2.26. The summed E-state index contributed by atoms with van der Waals surface area (Å²) < 4.78 is 45.1. The zero-order valence-corrected chi connectivity index (χ0v) is 11.3. The number of esters is 1. The highest BCUT2D eigenvalue weighted by Crippen LogP contribution is 2.22. The second-order valence-corrected chi connectivity index (χ2v) is 4.54. The van der Waals surface area contributed by atoms with Crippen molar-refractivity contribution in [3.63, 3.8) is 0 Å². The first kappa shape index (κ1) is 17.9. The maximum Gasteiger partial charge on any atom is 0.389 e. The highest BCUT2D eigenvalue weighted by Gasteiger charge is 2.37. The molecule has 0 N–H and O–H groups in total. The zero-order valence-electron chi connectivity index (χ0n) is 11.3. The minimum absolute atomic E-state index is 0.155. The molecule has 4 nitrogen and oxygen atoms in total. The molecular formula is C12H19F3O4. The van der Waals surface area contributed by atoms with Crippen molar-refractivity contribution in [3.8, 4) is 0 Å². The molecule has 112 valence electrons. The molecule has 0 bridgehead atoms. The van der Waals surface area contributed by atoms with Gasteiger partial charge in [-0.05, 0) is 27.2 Å². The Labute approximate surface area is 110 Å². The number of hydrogen-bond acceptors (Lipinski definition) is 4. The van der Waals surface area contributed by atoms with Crippen LogP contribution in [0.4, 0.5) is 13.2 Å². The molecular weight excluding hydrogens is 265 g/mol. The Morgan fingerprint density at radius 3 is 2.21 bits per heavy atom. The van der Waals surface area contributed by atoms with Gasteiger partial charge in [0, 0.05) is 13.0 Å². The van der Waals surface area contributed by atoms with E-state index >= 15 is 0 Å². The van der Waals surface area contributed by atoms with Crippen LogP contribution in [0.2, 0.25) is 0 Å². The van der Waals surface area contributed by atoms with E-state index in [-0.39, 0.29) is 19.6 Å². The lowest BCUT2D eigenvalue weighted by atomic mass is 9.88. The van der Waals surface area contributed by atoms with Crippen molar-refractivity contribution in [3.05, 3.63) is 0 Å². The van der Waals surface area contributed by atoms with E-state index in [1.165, 1.54) is 13.8 Å². The summed E-state index contributed by atoms with van der Waals surface area (Å²) in [5, 5.41) is 0. The number of ketones is 1. The van der Waals surface area contributed by atoms with Gasteiger partial charge >= 0.3 is 12.1 Å². The lowest BCUT2D eigenvalue weighted by Crippen LogP contribution is -2.37. The van der Waals surface area contributed by atoms with Crippen LogP contribution in [0.1, 0.15) is 33.6 Å². The van der Waals surface area contributed by atoms with Gasteiger partial charge in [0.05, 0.1) is 6.61 Å². The summed E-state index contributed by atoms with van der Waals surface area (Å²) in [6, 6.07) is 0. The number of Topliss-reactive ketones (excluding diaryl/α,β-unsaturated/α-hetero) is 1. The van der Waals surface area contributed by atoms with Crippen molar-refractivity contribution in [1.29, 1.82) is 0 Å². The minimum atomic E-state index is -4.22. The van der Waals surface area contributed by atoms with Crippen LogP contribution in [-0.4, -0.2) is 37.7 Å². The molecule has 0 radical (unpaired) electrons. The molecule has 0 aliphatic carbocycles. The highest BCUT2D eigenvalue weighted by molar-refractivity contribution is 6.03. The zero-order chi connectivity index (χ0) is 15.1. The van der Waals surface area contributed by atoms with E-state index in [4.69, 9.17) is 9.47 Å². The molecule has 0 aromatic carbocycles. The summed E-state index contributed by atoms with van der Waals surface area (Å²) in [6.07, 6.45) is -5.39. The summed E-state index contributed by atoms with van der Waals surface area (Å²) in [7, 11) is 0. The Hall–Kier alpha value is -1.11. The fourth-order valence-electron chi connectivity index (χ4n) is 1.15. The van der Waals surface area contributed by atoms with Crippen LogP contribution >= 0.6 is 0 Å². The summed E-state index contributed by atoms with van der Waals surface area (Å²) in [4.78, 5) is 23.2. The van der Waals surface area contributed by atoms with Crippen molar-refractivity contribution in [1.82, 2.24) is 0 Å². The van der Waals surface area contributed by atoms with E-state index in [2.05, 4.69) is 0 Å². The number of alkyl halides is 3. The molecule has 0 aliphatic heterocycles. The SMILES string of the molecule is CCOC(=O)C(C)(C)C(=O)COCCCC(F)(F)F. The maximum atomic E-state index is 11.8. The number of ether oxygens (including phenoxy) is 2. The van der Waals surface area contributed by atoms with E-state index in [9.17, 15) is 22.8 Å². The van der Waals surface area contributed by atoms with Crippen LogP contribution < -0.4 is 0 Å². The number of hydrogen-bond donors (Lipinski definition) is 0. The second-order valence-electron chi connectivity index (χ2n) is 4.54. The Kier molecular flexibility index (Phi) is 7.04. The largest absolute Gasteiger partial charge is 0.465 e. The van der Waals surface area contributed by atoms with Gasteiger partial charge < -0.3 is 9.47 Å². The van der Waals surface area contributed by atoms with Gasteiger partial charge in [-0.15, -0.1) is 0 Å². The van der Waals surface area contributed by atoms with Gasteiger partial charge in [0.25, 0.3) is 0 Å². The molecule has 0 spiro atoms. The van der Waals surface area contributed by atoms with Crippen molar-refractivity contribution < 1.29 is 32.2 Å². The highest BCUT2D eigenvalue weighted by atomic mass is 19.4. The molecule has 19 heavy (non-hydrogen) atoms. The minimum Gasteiger partial charge on any atom is -0.465 e. The monoisotopic (exact) mass is 284 g/mol. The van der Waals surface area contributed by atoms with Gasteiger partial charge in [0.1, 0.15) is 12.0 Å². The Balaban J connectivity index is 4.01. The van der Waals surface area contributed by atoms with Crippen molar-refractivity contribution in [2.24, 2.45) is 5.41 Å². The molecule has 0 atom stereocenters. The molecule has 0 fully saturated rings. The molecule has 7 heteroatoms. The number of rotatable bonds is 8. The van der Waals surface area contributed by atoms with Crippen molar-refractivity contribution >= 4 is 11.8 Å². The quantitative estimate of drug-likeness (QED) is 0.390. The molecule has 0 amide bonds. The second kappa shape index (κ2) is 7.47. The summed E-state index contributed by atoms with van der Waals surface area (Å²) >= 11 is 0. The number of halogens is 3. The third-order valence-electron chi connectivity index (χ3n) is 2.46. The van der Waals surface area contributed by atoms with Crippen molar-refractivity contribution in [2.75, 3.05) is 19.8 Å². The van der Waals surface area contributed by atoms with E-state index in [1.54, 1.807) is 6.92 Å². The molecule has 0 unspecified atom stereocenters. The molecule has 0 rings (SSSR count). The molecule has 0 aromatic rings. The third kappa shape index (κ3) is 7.15. The van der Waals surface area contributed by atoms with Crippen LogP contribution in [0, 0.1) is 5.41 Å². The van der Waals surface area contributed by atoms with Gasteiger partial charge in [0.2, 0.25) is 0 Å². The smallest absolute Gasteiger partial charge is 0.389 e. The average molecular weight is 284 g/mol. The molecule has 0 saturated heterocycles. The van der Waals surface area contributed by atoms with Crippen LogP contribution in [0.3, 0.4) is 0 Å². The Morgan fingerprint density at radius 1 is 1.16 bits per heavy atom. The number of carbonyl (C=O) groups is 2. The standard InChI is InChI=1S/C12H19F3O4/c1-4-19-10(17)11(2,3)9(16)8-18-7-5-6-12(13,14)15/h4-8H2,1-3H3. The van der Waals surface area contributed by atoms with Gasteiger partial charge in [-0.25, -0.2) is 0 Å².